The van der Waals surface area contributed by atoms with Gasteiger partial charge >= 0.3 is 6.36 Å². The maximum absolute atomic E-state index is 12.0. The van der Waals surface area contributed by atoms with Crippen LogP contribution in [0.25, 0.3) is 0 Å². The van der Waals surface area contributed by atoms with Gasteiger partial charge in [-0.25, -0.2) is 0 Å². The lowest BCUT2D eigenvalue weighted by molar-refractivity contribution is -0.274. The zero-order chi connectivity index (χ0) is 14.6. The molecule has 0 saturated carbocycles. The summed E-state index contributed by atoms with van der Waals surface area (Å²) in [7, 11) is 0. The van der Waals surface area contributed by atoms with E-state index in [9.17, 15) is 18.0 Å². The van der Waals surface area contributed by atoms with Gasteiger partial charge in [0.25, 0.3) is 5.91 Å². The zero-order valence-corrected chi connectivity index (χ0v) is 11.9. The molecule has 8 heteroatoms. The number of nitrogens with one attached hydrogen (secondary N) is 2. The molecule has 118 valence electrons. The molecule has 21 heavy (non-hydrogen) atoms. The highest BCUT2D eigenvalue weighted by Gasteiger charge is 2.31. The lowest BCUT2D eigenvalue weighted by Gasteiger charge is -2.12. The molecular formula is C13H16ClF3N2O2. The molecule has 1 fully saturated rings. The van der Waals surface area contributed by atoms with Crippen molar-refractivity contribution in [1.82, 2.24) is 10.6 Å². The van der Waals surface area contributed by atoms with Crippen molar-refractivity contribution >= 4 is 18.3 Å². The first-order valence-corrected chi connectivity index (χ1v) is 6.31. The van der Waals surface area contributed by atoms with Gasteiger partial charge in [0.2, 0.25) is 0 Å². The minimum atomic E-state index is -4.72. The Labute approximate surface area is 126 Å². The van der Waals surface area contributed by atoms with E-state index in [1.54, 1.807) is 0 Å². The predicted octanol–water partition coefficient (Wildman–Crippen LogP) is 2.49. The first kappa shape index (κ1) is 17.6. The Kier molecular flexibility index (Phi) is 6.29. The summed E-state index contributed by atoms with van der Waals surface area (Å²) in [6.45, 7) is 1.46. The van der Waals surface area contributed by atoms with Gasteiger partial charge in [-0.05, 0) is 43.7 Å². The van der Waals surface area contributed by atoms with Crippen LogP contribution >= 0.6 is 12.4 Å². The van der Waals surface area contributed by atoms with Crippen LogP contribution in [0.2, 0.25) is 0 Å². The summed E-state index contributed by atoms with van der Waals surface area (Å²) >= 11 is 0. The summed E-state index contributed by atoms with van der Waals surface area (Å²) in [6, 6.07) is 5.12. The lowest BCUT2D eigenvalue weighted by atomic mass is 10.2. The first-order chi connectivity index (χ1) is 9.44. The number of benzene rings is 1. The average Bonchev–Trinajstić information content (AvgIpc) is 2.88. The maximum atomic E-state index is 12.0. The number of amides is 1. The average molecular weight is 325 g/mol. The quantitative estimate of drug-likeness (QED) is 0.894. The van der Waals surface area contributed by atoms with Crippen molar-refractivity contribution in [2.24, 2.45) is 0 Å². The Morgan fingerprint density at radius 2 is 2.00 bits per heavy atom. The third-order valence-corrected chi connectivity index (χ3v) is 3.02. The molecule has 0 radical (unpaired) electrons. The summed E-state index contributed by atoms with van der Waals surface area (Å²) in [5.41, 5.74) is 0.303. The van der Waals surface area contributed by atoms with E-state index in [1.165, 1.54) is 12.1 Å². The van der Waals surface area contributed by atoms with Crippen molar-refractivity contribution in [2.75, 3.05) is 13.1 Å². The van der Waals surface area contributed by atoms with E-state index in [2.05, 4.69) is 15.4 Å². The Bertz CT molecular complexity index is 459. The second kappa shape index (κ2) is 7.51. The van der Waals surface area contributed by atoms with E-state index in [0.29, 0.717) is 12.1 Å². The summed E-state index contributed by atoms with van der Waals surface area (Å²) in [6.07, 6.45) is -2.62. The van der Waals surface area contributed by atoms with Gasteiger partial charge in [-0.15, -0.1) is 25.6 Å². The van der Waals surface area contributed by atoms with Crippen LogP contribution in [0.15, 0.2) is 24.3 Å². The monoisotopic (exact) mass is 324 g/mol. The number of carbonyl (C=O) groups is 1. The molecule has 0 unspecified atom stereocenters. The number of carbonyl (C=O) groups excluding carboxylic acids is 1. The Hall–Kier alpha value is -1.47. The Morgan fingerprint density at radius 3 is 2.52 bits per heavy atom. The van der Waals surface area contributed by atoms with Crippen LogP contribution in [0.4, 0.5) is 13.2 Å². The normalized spacial score (nSPS) is 18.0. The molecule has 2 rings (SSSR count). The number of rotatable bonds is 4. The molecule has 0 aromatic heterocycles. The van der Waals surface area contributed by atoms with Crippen molar-refractivity contribution in [3.05, 3.63) is 29.8 Å². The summed E-state index contributed by atoms with van der Waals surface area (Å²) in [5, 5.41) is 5.98. The molecule has 1 amide bonds. The fourth-order valence-corrected chi connectivity index (χ4v) is 2.06. The van der Waals surface area contributed by atoms with Gasteiger partial charge < -0.3 is 15.4 Å². The molecule has 2 N–H and O–H groups in total. The van der Waals surface area contributed by atoms with Crippen LogP contribution in [-0.4, -0.2) is 31.4 Å². The minimum Gasteiger partial charge on any atom is -0.406 e. The number of hydrogen-bond donors (Lipinski definition) is 2. The number of halogens is 4. The van der Waals surface area contributed by atoms with Gasteiger partial charge in [-0.2, -0.15) is 0 Å². The molecule has 1 saturated heterocycles. The van der Waals surface area contributed by atoms with Crippen LogP contribution in [0, 0.1) is 0 Å². The van der Waals surface area contributed by atoms with Crippen molar-refractivity contribution < 1.29 is 22.7 Å². The summed E-state index contributed by atoms with van der Waals surface area (Å²) in [5.74, 6) is -0.649. The second-order valence-corrected chi connectivity index (χ2v) is 4.58. The van der Waals surface area contributed by atoms with E-state index >= 15 is 0 Å². The van der Waals surface area contributed by atoms with Gasteiger partial charge in [0, 0.05) is 18.2 Å². The zero-order valence-electron chi connectivity index (χ0n) is 11.1. The molecule has 1 aliphatic rings. The van der Waals surface area contributed by atoms with E-state index in [1.807, 2.05) is 0 Å². The van der Waals surface area contributed by atoms with Crippen molar-refractivity contribution in [2.45, 2.75) is 25.2 Å². The molecule has 1 aliphatic heterocycles. The van der Waals surface area contributed by atoms with E-state index in [-0.39, 0.29) is 30.1 Å². The van der Waals surface area contributed by atoms with Gasteiger partial charge in [0.15, 0.2) is 0 Å². The third kappa shape index (κ3) is 5.81. The van der Waals surface area contributed by atoms with Crippen molar-refractivity contribution in [1.29, 1.82) is 0 Å². The Balaban J connectivity index is 0.00000220. The van der Waals surface area contributed by atoms with E-state index in [4.69, 9.17) is 0 Å². The number of alkyl halides is 3. The third-order valence-electron chi connectivity index (χ3n) is 3.02. The van der Waals surface area contributed by atoms with Crippen LogP contribution in [-0.2, 0) is 0 Å². The molecule has 0 bridgehead atoms. The van der Waals surface area contributed by atoms with Gasteiger partial charge in [0.1, 0.15) is 5.75 Å². The van der Waals surface area contributed by atoms with Gasteiger partial charge in [0.05, 0.1) is 0 Å². The SMILES string of the molecule is Cl.O=C(NC[C@H]1CCCN1)c1ccc(OC(F)(F)F)cc1. The molecule has 1 atom stereocenters. The summed E-state index contributed by atoms with van der Waals surface area (Å²) in [4.78, 5) is 11.8. The van der Waals surface area contributed by atoms with Crippen LogP contribution < -0.4 is 15.4 Å². The van der Waals surface area contributed by atoms with E-state index < -0.39 is 6.36 Å². The van der Waals surface area contributed by atoms with Gasteiger partial charge in [-0.3, -0.25) is 4.79 Å². The molecule has 1 aromatic rings. The highest BCUT2D eigenvalue weighted by Crippen LogP contribution is 2.22. The van der Waals surface area contributed by atoms with Crippen LogP contribution in [0.5, 0.6) is 5.75 Å². The Morgan fingerprint density at radius 1 is 1.33 bits per heavy atom. The van der Waals surface area contributed by atoms with Crippen molar-refractivity contribution in [3.8, 4) is 5.75 Å². The number of hydrogen-bond acceptors (Lipinski definition) is 3. The standard InChI is InChI=1S/C13H15F3N2O2.ClH/c14-13(15,16)20-11-5-3-9(4-6-11)12(19)18-8-10-2-1-7-17-10;/h3-6,10,17H,1-2,7-8H2,(H,18,19);1H/t10-;/m1./s1. The maximum Gasteiger partial charge on any atom is 0.573 e. The van der Waals surface area contributed by atoms with Crippen LogP contribution in [0.3, 0.4) is 0 Å². The lowest BCUT2D eigenvalue weighted by Crippen LogP contribution is -2.37. The van der Waals surface area contributed by atoms with E-state index in [0.717, 1.165) is 31.5 Å². The molecule has 0 aliphatic carbocycles. The highest BCUT2D eigenvalue weighted by atomic mass is 35.5. The first-order valence-electron chi connectivity index (χ1n) is 6.31. The van der Waals surface area contributed by atoms with Crippen LogP contribution in [0.1, 0.15) is 23.2 Å². The molecule has 1 aromatic carbocycles. The highest BCUT2D eigenvalue weighted by molar-refractivity contribution is 5.94. The van der Waals surface area contributed by atoms with Crippen molar-refractivity contribution in [3.63, 3.8) is 0 Å². The smallest absolute Gasteiger partial charge is 0.406 e. The summed E-state index contributed by atoms with van der Waals surface area (Å²) < 4.78 is 39.7. The molecule has 4 nitrogen and oxygen atoms in total. The topological polar surface area (TPSA) is 50.4 Å². The molecular weight excluding hydrogens is 309 g/mol. The fraction of sp³-hybridized carbons (Fsp3) is 0.462. The largest absolute Gasteiger partial charge is 0.573 e. The molecule has 0 spiro atoms. The van der Waals surface area contributed by atoms with Gasteiger partial charge in [-0.1, -0.05) is 0 Å². The second-order valence-electron chi connectivity index (χ2n) is 4.58. The predicted molar refractivity (Wildman–Crippen MR) is 73.7 cm³/mol. The fourth-order valence-electron chi connectivity index (χ4n) is 2.06. The minimum absolute atomic E-state index is 0. The number of ether oxygens (including phenoxy) is 1. The molecule has 1 heterocycles.